The Morgan fingerprint density at radius 1 is 1.33 bits per heavy atom. The Kier molecular flexibility index (Phi) is 5.67. The van der Waals surface area contributed by atoms with Crippen molar-refractivity contribution >= 4 is 7.48 Å². The van der Waals surface area contributed by atoms with Gasteiger partial charge < -0.3 is 9.76 Å². The molecule has 0 bridgehead atoms. The first-order valence-corrected chi connectivity index (χ1v) is 6.90. The molecule has 0 amide bonds. The van der Waals surface area contributed by atoms with E-state index in [4.69, 9.17) is 4.65 Å². The van der Waals surface area contributed by atoms with Crippen LogP contribution in [0.4, 0.5) is 0 Å². The van der Waals surface area contributed by atoms with Crippen molar-refractivity contribution in [3.05, 3.63) is 23.8 Å². The maximum atomic E-state index is 9.93. The fourth-order valence-electron chi connectivity index (χ4n) is 1.69. The first kappa shape index (κ1) is 15.5. The number of allylic oxidation sites excluding steroid dienone is 4. The molecule has 0 unspecified atom stereocenters. The van der Waals surface area contributed by atoms with Gasteiger partial charge in [-0.1, -0.05) is 23.8 Å². The van der Waals surface area contributed by atoms with Crippen LogP contribution in [0.3, 0.4) is 0 Å². The van der Waals surface area contributed by atoms with E-state index in [2.05, 4.69) is 18.2 Å². The Morgan fingerprint density at radius 3 is 2.61 bits per heavy atom. The molecule has 0 aliphatic heterocycles. The Balaban J connectivity index is 2.26. The highest BCUT2D eigenvalue weighted by atomic mass is 16.5. The van der Waals surface area contributed by atoms with Crippen LogP contribution in [0, 0.1) is 0 Å². The first-order chi connectivity index (χ1) is 8.33. The molecule has 1 aliphatic rings. The fraction of sp³-hybridized carbons (Fsp3) is 0.733. The summed E-state index contributed by atoms with van der Waals surface area (Å²) < 4.78 is 5.64. The molecule has 0 heterocycles. The predicted octanol–water partition coefficient (Wildman–Crippen LogP) is 3.65. The van der Waals surface area contributed by atoms with Gasteiger partial charge in [0.05, 0.1) is 11.2 Å². The molecule has 1 aliphatic carbocycles. The topological polar surface area (TPSA) is 29.5 Å². The van der Waals surface area contributed by atoms with E-state index in [1.807, 2.05) is 13.8 Å². The number of hydrogen-bond donors (Lipinski definition) is 1. The highest BCUT2D eigenvalue weighted by Gasteiger charge is 2.35. The van der Waals surface area contributed by atoms with Crippen LogP contribution in [0.15, 0.2) is 23.8 Å². The molecule has 0 aromatic carbocycles. The number of hydrogen-bond acceptors (Lipinski definition) is 2. The third kappa shape index (κ3) is 4.99. The van der Waals surface area contributed by atoms with E-state index in [-0.39, 0.29) is 0 Å². The average Bonchev–Trinajstić information content (AvgIpc) is 2.28. The van der Waals surface area contributed by atoms with Gasteiger partial charge in [0.25, 0.3) is 7.48 Å². The van der Waals surface area contributed by atoms with Gasteiger partial charge in [0.15, 0.2) is 0 Å². The van der Waals surface area contributed by atoms with Gasteiger partial charge in [0.1, 0.15) is 0 Å². The standard InChI is InChI=1S/C15H26BO2/c1-14(2,17)15(3,4)18-16-12-8-11-13-9-6-5-7-10-13/h8-9,11,17H,5-7,10,12H2,1-4H3/b11-8+. The Bertz CT molecular complexity index is 311. The molecule has 0 saturated carbocycles. The molecule has 3 heteroatoms. The zero-order chi connectivity index (χ0) is 13.6. The predicted molar refractivity (Wildman–Crippen MR) is 77.7 cm³/mol. The van der Waals surface area contributed by atoms with Crippen LogP contribution >= 0.6 is 0 Å². The molecule has 18 heavy (non-hydrogen) atoms. The van der Waals surface area contributed by atoms with Crippen LogP contribution in [-0.2, 0) is 4.65 Å². The van der Waals surface area contributed by atoms with Gasteiger partial charge in [-0.3, -0.25) is 0 Å². The molecule has 0 saturated heterocycles. The molecule has 1 N–H and O–H groups in total. The molecule has 2 nitrogen and oxygen atoms in total. The molecule has 0 aromatic heterocycles. The molecule has 0 atom stereocenters. The molecule has 101 valence electrons. The van der Waals surface area contributed by atoms with Crippen LogP contribution in [0.2, 0.25) is 6.32 Å². The van der Waals surface area contributed by atoms with Gasteiger partial charge in [-0.05, 0) is 59.7 Å². The maximum absolute atomic E-state index is 9.93. The largest absolute Gasteiger partial charge is 0.433 e. The second kappa shape index (κ2) is 6.58. The van der Waals surface area contributed by atoms with Gasteiger partial charge in [-0.25, -0.2) is 0 Å². The quantitative estimate of drug-likeness (QED) is 0.575. The molecule has 0 fully saturated rings. The second-order valence-corrected chi connectivity index (χ2v) is 6.02. The lowest BCUT2D eigenvalue weighted by molar-refractivity contribution is -0.0901. The van der Waals surface area contributed by atoms with Gasteiger partial charge in [-0.15, -0.1) is 0 Å². The van der Waals surface area contributed by atoms with E-state index in [0.29, 0.717) is 0 Å². The van der Waals surface area contributed by atoms with Crippen molar-refractivity contribution in [2.24, 2.45) is 0 Å². The van der Waals surface area contributed by atoms with Crippen LogP contribution in [-0.4, -0.2) is 23.8 Å². The van der Waals surface area contributed by atoms with Crippen molar-refractivity contribution in [3.8, 4) is 0 Å². The van der Waals surface area contributed by atoms with E-state index in [1.165, 1.54) is 31.3 Å². The van der Waals surface area contributed by atoms with Gasteiger partial charge in [-0.2, -0.15) is 0 Å². The van der Waals surface area contributed by atoms with E-state index in [0.717, 1.165) is 6.32 Å². The summed E-state index contributed by atoms with van der Waals surface area (Å²) in [6.45, 7) is 7.33. The van der Waals surface area contributed by atoms with Gasteiger partial charge >= 0.3 is 0 Å². The third-order valence-corrected chi connectivity index (χ3v) is 3.74. The fourth-order valence-corrected chi connectivity index (χ4v) is 1.69. The summed E-state index contributed by atoms with van der Waals surface area (Å²) in [5.41, 5.74) is 0.0285. The lowest BCUT2D eigenvalue weighted by atomic mass is 9.85. The summed E-state index contributed by atoms with van der Waals surface area (Å²) in [6, 6.07) is 0. The number of rotatable bonds is 6. The zero-order valence-corrected chi connectivity index (χ0v) is 12.2. The summed E-state index contributed by atoms with van der Waals surface area (Å²) >= 11 is 0. The summed E-state index contributed by atoms with van der Waals surface area (Å²) in [4.78, 5) is 0. The van der Waals surface area contributed by atoms with Crippen LogP contribution in [0.5, 0.6) is 0 Å². The van der Waals surface area contributed by atoms with Crippen molar-refractivity contribution in [2.45, 2.75) is 70.9 Å². The van der Waals surface area contributed by atoms with Crippen LogP contribution < -0.4 is 0 Å². The summed E-state index contributed by atoms with van der Waals surface area (Å²) in [5.74, 6) is 0. The molecule has 0 spiro atoms. The minimum absolute atomic E-state index is 0.565. The second-order valence-electron chi connectivity index (χ2n) is 6.02. The molecular weight excluding hydrogens is 223 g/mol. The summed E-state index contributed by atoms with van der Waals surface area (Å²) in [7, 11) is 1.78. The highest BCUT2D eigenvalue weighted by molar-refractivity contribution is 6.28. The Labute approximate surface area is 112 Å². The smallest absolute Gasteiger partial charge is 0.297 e. The van der Waals surface area contributed by atoms with Crippen molar-refractivity contribution < 1.29 is 9.76 Å². The van der Waals surface area contributed by atoms with E-state index < -0.39 is 11.2 Å². The minimum Gasteiger partial charge on any atom is -0.433 e. The zero-order valence-electron chi connectivity index (χ0n) is 12.2. The molecule has 1 rings (SSSR count). The van der Waals surface area contributed by atoms with Gasteiger partial charge in [0, 0.05) is 0 Å². The van der Waals surface area contributed by atoms with Crippen LogP contribution in [0.1, 0.15) is 53.4 Å². The summed E-state index contributed by atoms with van der Waals surface area (Å²) in [5, 5.41) is 9.93. The van der Waals surface area contributed by atoms with Gasteiger partial charge in [0.2, 0.25) is 0 Å². The number of aliphatic hydroxyl groups is 1. The molecule has 0 aromatic rings. The molecule has 1 radical (unpaired) electrons. The Morgan fingerprint density at radius 2 is 2.06 bits per heavy atom. The van der Waals surface area contributed by atoms with Crippen molar-refractivity contribution in [1.82, 2.24) is 0 Å². The monoisotopic (exact) mass is 249 g/mol. The lowest BCUT2D eigenvalue weighted by Crippen LogP contribution is -2.47. The maximum Gasteiger partial charge on any atom is 0.297 e. The highest BCUT2D eigenvalue weighted by Crippen LogP contribution is 2.24. The van der Waals surface area contributed by atoms with Crippen molar-refractivity contribution in [3.63, 3.8) is 0 Å². The van der Waals surface area contributed by atoms with E-state index in [9.17, 15) is 5.11 Å². The summed E-state index contributed by atoms with van der Waals surface area (Å²) in [6.07, 6.45) is 12.5. The van der Waals surface area contributed by atoms with Crippen LogP contribution in [0.25, 0.3) is 0 Å². The third-order valence-electron chi connectivity index (χ3n) is 3.74. The van der Waals surface area contributed by atoms with E-state index in [1.54, 1.807) is 21.3 Å². The first-order valence-electron chi connectivity index (χ1n) is 6.90. The minimum atomic E-state index is -0.848. The van der Waals surface area contributed by atoms with E-state index >= 15 is 0 Å². The SMILES string of the molecule is CC(C)(O)C(C)(C)O[B]C/C=C/C1=CCCCC1. The van der Waals surface area contributed by atoms with Crippen molar-refractivity contribution in [1.29, 1.82) is 0 Å². The van der Waals surface area contributed by atoms with Crippen molar-refractivity contribution in [2.75, 3.05) is 0 Å². The average molecular weight is 249 g/mol. The normalized spacial score (nSPS) is 17.9. The molecular formula is C15H26BO2. The Hall–Kier alpha value is -0.535. The lowest BCUT2D eigenvalue weighted by Gasteiger charge is -2.37.